The second-order valence-corrected chi connectivity index (χ2v) is 3.30. The van der Waals surface area contributed by atoms with Gasteiger partial charge in [-0.05, 0) is 11.6 Å². The van der Waals surface area contributed by atoms with Gasteiger partial charge in [0, 0.05) is 0 Å². The topological polar surface area (TPSA) is 58.6 Å². The van der Waals surface area contributed by atoms with Gasteiger partial charge in [0.1, 0.15) is 6.10 Å². The van der Waals surface area contributed by atoms with E-state index in [2.05, 4.69) is 5.48 Å². The molecule has 15 heavy (non-hydrogen) atoms. The van der Waals surface area contributed by atoms with Gasteiger partial charge in [-0.3, -0.25) is 15.1 Å². The molecule has 1 heterocycles. The highest BCUT2D eigenvalue weighted by molar-refractivity contribution is 5.70. The van der Waals surface area contributed by atoms with E-state index in [4.69, 9.17) is 9.94 Å². The van der Waals surface area contributed by atoms with Crippen LogP contribution in [-0.2, 0) is 9.63 Å². The van der Waals surface area contributed by atoms with E-state index in [1.165, 1.54) is 0 Å². The lowest BCUT2D eigenvalue weighted by Crippen LogP contribution is -2.15. The number of rotatable bonds is 3. The first kappa shape index (κ1) is 9.73. The predicted octanol–water partition coefficient (Wildman–Crippen LogP) is 1.41. The van der Waals surface area contributed by atoms with Crippen LogP contribution in [0.3, 0.4) is 0 Å². The molecular formula is C11H11NO3. The van der Waals surface area contributed by atoms with E-state index >= 15 is 0 Å². The summed E-state index contributed by atoms with van der Waals surface area (Å²) in [5.74, 6) is -0.868. The molecular weight excluding hydrogens is 194 g/mol. The standard InChI is InChI=1S/C11H11NO3/c13-11(14)7-9-6-10(12-15-9)8-4-2-1-3-5-8/h1-6,9,12H,7H2,(H,13,14)/t9-/m0/s1. The molecule has 1 aromatic rings. The van der Waals surface area contributed by atoms with E-state index in [0.717, 1.165) is 11.3 Å². The van der Waals surface area contributed by atoms with Gasteiger partial charge in [0.05, 0.1) is 12.1 Å². The van der Waals surface area contributed by atoms with Crippen molar-refractivity contribution >= 4 is 11.7 Å². The van der Waals surface area contributed by atoms with E-state index in [-0.39, 0.29) is 6.42 Å². The van der Waals surface area contributed by atoms with Crippen molar-refractivity contribution in [1.29, 1.82) is 0 Å². The maximum atomic E-state index is 10.5. The monoisotopic (exact) mass is 205 g/mol. The second kappa shape index (κ2) is 4.14. The SMILES string of the molecule is O=C(O)C[C@@H]1C=C(c2ccccc2)NO1. The number of carboxylic acids is 1. The lowest BCUT2D eigenvalue weighted by atomic mass is 10.1. The summed E-state index contributed by atoms with van der Waals surface area (Å²) in [7, 11) is 0. The van der Waals surface area contributed by atoms with Crippen LogP contribution in [0.1, 0.15) is 12.0 Å². The van der Waals surface area contributed by atoms with Crippen LogP contribution < -0.4 is 5.48 Å². The first-order valence-corrected chi connectivity index (χ1v) is 4.66. The number of nitrogens with one attached hydrogen (secondary N) is 1. The normalized spacial score (nSPS) is 19.5. The van der Waals surface area contributed by atoms with E-state index in [1.54, 1.807) is 6.08 Å². The van der Waals surface area contributed by atoms with Crippen molar-refractivity contribution < 1.29 is 14.7 Å². The summed E-state index contributed by atoms with van der Waals surface area (Å²) in [6, 6.07) is 9.63. The molecule has 78 valence electrons. The zero-order valence-electron chi connectivity index (χ0n) is 8.01. The van der Waals surface area contributed by atoms with Crippen LogP contribution in [-0.4, -0.2) is 17.2 Å². The fourth-order valence-corrected chi connectivity index (χ4v) is 1.44. The minimum absolute atomic E-state index is 0.0245. The zero-order valence-corrected chi connectivity index (χ0v) is 8.01. The Bertz CT molecular complexity index is 386. The lowest BCUT2D eigenvalue weighted by Gasteiger charge is -2.03. The average Bonchev–Trinajstić information content (AvgIpc) is 2.67. The quantitative estimate of drug-likeness (QED) is 0.783. The minimum Gasteiger partial charge on any atom is -0.481 e. The first-order chi connectivity index (χ1) is 7.25. The van der Waals surface area contributed by atoms with Gasteiger partial charge in [-0.25, -0.2) is 0 Å². The van der Waals surface area contributed by atoms with Crippen molar-refractivity contribution in [2.75, 3.05) is 0 Å². The highest BCUT2D eigenvalue weighted by atomic mass is 16.7. The average molecular weight is 205 g/mol. The molecule has 0 aliphatic carbocycles. The molecule has 0 aromatic heterocycles. The zero-order chi connectivity index (χ0) is 10.7. The van der Waals surface area contributed by atoms with Gasteiger partial charge in [0.2, 0.25) is 0 Å². The number of hydroxylamine groups is 1. The Morgan fingerprint density at radius 1 is 1.40 bits per heavy atom. The van der Waals surface area contributed by atoms with E-state index < -0.39 is 12.1 Å². The Kier molecular flexibility index (Phi) is 2.69. The van der Waals surface area contributed by atoms with Gasteiger partial charge in [-0.15, -0.1) is 0 Å². The van der Waals surface area contributed by atoms with Crippen LogP contribution in [0, 0.1) is 0 Å². The number of hydrogen-bond acceptors (Lipinski definition) is 3. The molecule has 4 heteroatoms. The summed E-state index contributed by atoms with van der Waals surface area (Å²) in [6.45, 7) is 0. The maximum absolute atomic E-state index is 10.5. The van der Waals surface area contributed by atoms with Gasteiger partial charge in [0.15, 0.2) is 0 Å². The molecule has 0 fully saturated rings. The molecule has 1 atom stereocenters. The Hall–Kier alpha value is -1.81. The van der Waals surface area contributed by atoms with Crippen LogP contribution in [0.2, 0.25) is 0 Å². The highest BCUT2D eigenvalue weighted by Gasteiger charge is 2.19. The van der Waals surface area contributed by atoms with Gasteiger partial charge in [-0.2, -0.15) is 0 Å². The maximum Gasteiger partial charge on any atom is 0.306 e. The van der Waals surface area contributed by atoms with E-state index in [9.17, 15) is 4.79 Å². The summed E-state index contributed by atoms with van der Waals surface area (Å²) in [4.78, 5) is 15.6. The van der Waals surface area contributed by atoms with Crippen molar-refractivity contribution in [2.24, 2.45) is 0 Å². The Labute approximate surface area is 87.1 Å². The lowest BCUT2D eigenvalue weighted by molar-refractivity contribution is -0.139. The van der Waals surface area contributed by atoms with Gasteiger partial charge >= 0.3 is 5.97 Å². The third-order valence-corrected chi connectivity index (χ3v) is 2.13. The number of carboxylic acid groups (broad SMARTS) is 1. The number of carbonyl (C=O) groups is 1. The fraction of sp³-hybridized carbons (Fsp3) is 0.182. The third kappa shape index (κ3) is 2.35. The molecule has 0 amide bonds. The number of benzene rings is 1. The van der Waals surface area contributed by atoms with Crippen LogP contribution >= 0.6 is 0 Å². The summed E-state index contributed by atoms with van der Waals surface area (Å²) in [5.41, 5.74) is 4.54. The molecule has 4 nitrogen and oxygen atoms in total. The molecule has 2 rings (SSSR count). The van der Waals surface area contributed by atoms with Crippen molar-refractivity contribution in [2.45, 2.75) is 12.5 Å². The van der Waals surface area contributed by atoms with Crippen LogP contribution in [0.25, 0.3) is 5.70 Å². The Balaban J connectivity index is 2.10. The summed E-state index contributed by atoms with van der Waals surface area (Å²) in [6.07, 6.45) is 1.37. The fourth-order valence-electron chi connectivity index (χ4n) is 1.44. The summed E-state index contributed by atoms with van der Waals surface area (Å²) >= 11 is 0. The molecule has 0 spiro atoms. The minimum atomic E-state index is -0.868. The molecule has 0 radical (unpaired) electrons. The molecule has 0 saturated carbocycles. The van der Waals surface area contributed by atoms with Crippen molar-refractivity contribution in [3.05, 3.63) is 42.0 Å². The van der Waals surface area contributed by atoms with Crippen molar-refractivity contribution in [3.63, 3.8) is 0 Å². The Morgan fingerprint density at radius 2 is 2.13 bits per heavy atom. The van der Waals surface area contributed by atoms with Gasteiger partial charge in [-0.1, -0.05) is 30.3 Å². The van der Waals surface area contributed by atoms with Gasteiger partial charge < -0.3 is 5.11 Å². The van der Waals surface area contributed by atoms with Gasteiger partial charge in [0.25, 0.3) is 0 Å². The van der Waals surface area contributed by atoms with Crippen molar-refractivity contribution in [1.82, 2.24) is 5.48 Å². The van der Waals surface area contributed by atoms with Crippen LogP contribution in [0.15, 0.2) is 36.4 Å². The number of hydrogen-bond donors (Lipinski definition) is 2. The smallest absolute Gasteiger partial charge is 0.306 e. The number of aliphatic carboxylic acids is 1. The molecule has 1 aromatic carbocycles. The van der Waals surface area contributed by atoms with Crippen molar-refractivity contribution in [3.8, 4) is 0 Å². The summed E-state index contributed by atoms with van der Waals surface area (Å²) in [5, 5.41) is 8.59. The third-order valence-electron chi connectivity index (χ3n) is 2.13. The largest absolute Gasteiger partial charge is 0.481 e. The predicted molar refractivity (Wildman–Crippen MR) is 54.7 cm³/mol. The second-order valence-electron chi connectivity index (χ2n) is 3.30. The Morgan fingerprint density at radius 3 is 2.80 bits per heavy atom. The molecule has 2 N–H and O–H groups in total. The molecule has 0 bridgehead atoms. The molecule has 0 unspecified atom stereocenters. The molecule has 1 aliphatic heterocycles. The van der Waals surface area contributed by atoms with Crippen LogP contribution in [0.5, 0.6) is 0 Å². The first-order valence-electron chi connectivity index (χ1n) is 4.66. The van der Waals surface area contributed by atoms with E-state index in [1.807, 2.05) is 30.3 Å². The van der Waals surface area contributed by atoms with Crippen LogP contribution in [0.4, 0.5) is 0 Å². The van der Waals surface area contributed by atoms with E-state index in [0.29, 0.717) is 0 Å². The highest BCUT2D eigenvalue weighted by Crippen LogP contribution is 2.19. The molecule has 0 saturated heterocycles. The molecule has 1 aliphatic rings. The summed E-state index contributed by atoms with van der Waals surface area (Å²) < 4.78 is 0.